The first-order chi connectivity index (χ1) is 17.8. The largest absolute Gasteiger partial charge is 0.389 e. The van der Waals surface area contributed by atoms with E-state index in [9.17, 15) is 19.0 Å². The molecule has 0 radical (unpaired) electrons. The van der Waals surface area contributed by atoms with Crippen LogP contribution in [-0.4, -0.2) is 92.9 Å². The van der Waals surface area contributed by atoms with Gasteiger partial charge in [0.05, 0.1) is 24.1 Å². The molecule has 2 saturated heterocycles. The smallest absolute Gasteiger partial charge is 0.224 e. The monoisotopic (exact) mass is 548 g/mol. The Morgan fingerprint density at radius 1 is 0.947 bits per heavy atom. The van der Waals surface area contributed by atoms with Gasteiger partial charge in [-0.05, 0) is 19.1 Å². The minimum atomic E-state index is -0.838. The molecule has 2 aliphatic heterocycles. The number of rotatable bonds is 6. The maximum atomic E-state index is 13.5. The number of hydrogen-bond donors (Lipinski definition) is 3. The number of hydrogen-bond acceptors (Lipinski definition) is 9. The second-order valence-corrected chi connectivity index (χ2v) is 9.40. The summed E-state index contributed by atoms with van der Waals surface area (Å²) in [7, 11) is 0. The van der Waals surface area contributed by atoms with Crippen LogP contribution in [0, 0.1) is 18.6 Å². The lowest BCUT2D eigenvalue weighted by Crippen LogP contribution is -2.46. The average Bonchev–Trinajstić information content (AvgIpc) is 3.40. The molecule has 0 saturated carbocycles. The van der Waals surface area contributed by atoms with E-state index < -0.39 is 23.8 Å². The molecule has 0 amide bonds. The van der Waals surface area contributed by atoms with E-state index in [1.54, 1.807) is 21.8 Å². The van der Waals surface area contributed by atoms with Gasteiger partial charge in [-0.2, -0.15) is 15.1 Å². The molecular formula is C25H31ClF2N8O2. The molecular weight excluding hydrogens is 518 g/mol. The fraction of sp³-hybridized carbons (Fsp3) is 0.400. The second-order valence-electron chi connectivity index (χ2n) is 9.40. The van der Waals surface area contributed by atoms with Crippen molar-refractivity contribution in [2.75, 3.05) is 61.3 Å². The number of β-amino-alcohol motifs (C(OH)–C–C–N with tert-alkyl or cyclic N) is 2. The molecule has 2 atom stereocenters. The zero-order valence-electron chi connectivity index (χ0n) is 20.9. The van der Waals surface area contributed by atoms with E-state index in [4.69, 9.17) is 5.73 Å². The first-order valence-electron chi connectivity index (χ1n) is 12.2. The first kappa shape index (κ1) is 27.7. The summed E-state index contributed by atoms with van der Waals surface area (Å²) in [4.78, 5) is 14.6. The highest BCUT2D eigenvalue weighted by molar-refractivity contribution is 5.85. The van der Waals surface area contributed by atoms with Gasteiger partial charge in [-0.15, -0.1) is 12.4 Å². The van der Waals surface area contributed by atoms with Gasteiger partial charge in [0.25, 0.3) is 0 Å². The zero-order chi connectivity index (χ0) is 26.1. The van der Waals surface area contributed by atoms with E-state index in [-0.39, 0.29) is 31.4 Å². The molecule has 0 aliphatic carbocycles. The van der Waals surface area contributed by atoms with Crippen LogP contribution in [0.5, 0.6) is 0 Å². The molecule has 2 aromatic heterocycles. The molecule has 10 nitrogen and oxygen atoms in total. The molecule has 1 aromatic carbocycles. The molecule has 2 fully saturated rings. The van der Waals surface area contributed by atoms with Crippen molar-refractivity contribution in [3.63, 3.8) is 0 Å². The van der Waals surface area contributed by atoms with E-state index in [0.29, 0.717) is 30.4 Å². The number of anilines is 3. The van der Waals surface area contributed by atoms with Crippen LogP contribution in [0.15, 0.2) is 36.5 Å². The third kappa shape index (κ3) is 6.04. The van der Waals surface area contributed by atoms with Gasteiger partial charge >= 0.3 is 0 Å². The maximum absolute atomic E-state index is 13.5. The molecule has 3 aromatic rings. The lowest BCUT2D eigenvalue weighted by molar-refractivity contribution is 0.0572. The normalized spacial score (nSPS) is 20.3. The van der Waals surface area contributed by atoms with Gasteiger partial charge in [0.1, 0.15) is 17.5 Å². The fourth-order valence-corrected chi connectivity index (χ4v) is 4.72. The molecule has 0 spiro atoms. The summed E-state index contributed by atoms with van der Waals surface area (Å²) in [5.41, 5.74) is 8.32. The number of aliphatic hydroxyl groups is 2. The lowest BCUT2D eigenvalue weighted by atomic mass is 10.2. The summed E-state index contributed by atoms with van der Waals surface area (Å²) < 4.78 is 28.8. The minimum Gasteiger partial charge on any atom is -0.389 e. The summed E-state index contributed by atoms with van der Waals surface area (Å²) in [6.07, 6.45) is 4.15. The quantitative estimate of drug-likeness (QED) is 0.422. The Labute approximate surface area is 225 Å². The number of nitrogen functional groups attached to an aromatic ring is 1. The highest BCUT2D eigenvalue weighted by Gasteiger charge is 2.31. The summed E-state index contributed by atoms with van der Waals surface area (Å²) in [5.74, 6) is -0.0299. The van der Waals surface area contributed by atoms with Crippen molar-refractivity contribution in [1.82, 2.24) is 24.6 Å². The maximum Gasteiger partial charge on any atom is 0.224 e. The first-order valence-corrected chi connectivity index (χ1v) is 12.2. The molecule has 13 heteroatoms. The minimum absolute atomic E-state index is 0. The molecule has 2 aliphatic rings. The van der Waals surface area contributed by atoms with Gasteiger partial charge in [-0.1, -0.05) is 12.2 Å². The topological polar surface area (TPSA) is 120 Å². The average molecular weight is 549 g/mol. The Hall–Kier alpha value is -3.32. The highest BCUT2D eigenvalue weighted by Crippen LogP contribution is 2.23. The lowest BCUT2D eigenvalue weighted by Gasteiger charge is -2.35. The van der Waals surface area contributed by atoms with Crippen molar-refractivity contribution in [1.29, 1.82) is 0 Å². The zero-order valence-corrected chi connectivity index (χ0v) is 21.7. The number of benzene rings is 1. The number of halogens is 3. The van der Waals surface area contributed by atoms with E-state index in [0.717, 1.165) is 37.0 Å². The second kappa shape index (κ2) is 11.6. The molecule has 4 N–H and O–H groups in total. The number of piperazine rings is 1. The number of aromatic nitrogens is 4. The predicted octanol–water partition coefficient (Wildman–Crippen LogP) is 1.63. The summed E-state index contributed by atoms with van der Waals surface area (Å²) in [5, 5.41) is 24.2. The number of nitrogens with zero attached hydrogens (tertiary/aromatic N) is 7. The molecule has 4 heterocycles. The van der Waals surface area contributed by atoms with Crippen LogP contribution >= 0.6 is 12.4 Å². The van der Waals surface area contributed by atoms with Gasteiger partial charge in [0.15, 0.2) is 5.82 Å². The van der Waals surface area contributed by atoms with Crippen LogP contribution in [0.2, 0.25) is 0 Å². The van der Waals surface area contributed by atoms with Gasteiger partial charge in [0, 0.05) is 69.2 Å². The SMILES string of the molecule is Cc1c(/C=C/CN2CCN(c3cc(F)cc(F)c3)CC2)cnn1-c1cc(N2C[C@@H](O)[C@@H](O)C2)nc(N)n1.Cl. The third-order valence-corrected chi connectivity index (χ3v) is 6.81. The van der Waals surface area contributed by atoms with Crippen LogP contribution in [0.3, 0.4) is 0 Å². The fourth-order valence-electron chi connectivity index (χ4n) is 4.72. The Bertz CT molecular complexity index is 1270. The number of nitrogens with two attached hydrogens (primary N) is 1. The van der Waals surface area contributed by atoms with E-state index in [1.165, 1.54) is 12.1 Å². The Morgan fingerprint density at radius 2 is 1.58 bits per heavy atom. The van der Waals surface area contributed by atoms with E-state index in [1.807, 2.05) is 17.9 Å². The van der Waals surface area contributed by atoms with Crippen LogP contribution in [0.1, 0.15) is 11.3 Å². The number of aliphatic hydroxyl groups excluding tert-OH is 2. The van der Waals surface area contributed by atoms with Crippen molar-refractivity contribution in [3.8, 4) is 5.82 Å². The summed E-state index contributed by atoms with van der Waals surface area (Å²) >= 11 is 0. The molecule has 0 unspecified atom stereocenters. The standard InChI is InChI=1S/C25H30F2N8O2.ClH/c1-16-17(3-2-4-32-5-7-33(8-6-32)20-10-18(26)9-19(27)11-20)13-29-35(16)24-12-23(30-25(28)31-24)34-14-21(36)22(37)15-34;/h2-3,9-13,21-22,36-37H,4-8,14-15H2,1H3,(H2,28,30,31);1H/b3-2+;/t21-,22+;. The van der Waals surface area contributed by atoms with Gasteiger partial charge in [-0.25, -0.2) is 13.5 Å². The van der Waals surface area contributed by atoms with Crippen LogP contribution < -0.4 is 15.5 Å². The van der Waals surface area contributed by atoms with Gasteiger partial charge < -0.3 is 25.7 Å². The Balaban J connectivity index is 0.00000336. The Kier molecular flexibility index (Phi) is 8.46. The van der Waals surface area contributed by atoms with Crippen molar-refractivity contribution >= 4 is 35.9 Å². The van der Waals surface area contributed by atoms with Gasteiger partial charge in [-0.3, -0.25) is 4.90 Å². The summed E-state index contributed by atoms with van der Waals surface area (Å²) in [6, 6.07) is 5.35. The molecule has 0 bridgehead atoms. The molecule has 204 valence electrons. The summed E-state index contributed by atoms with van der Waals surface area (Å²) in [6.45, 7) is 6.14. The van der Waals surface area contributed by atoms with Crippen molar-refractivity contribution in [2.45, 2.75) is 19.1 Å². The van der Waals surface area contributed by atoms with E-state index in [2.05, 4.69) is 26.0 Å². The highest BCUT2D eigenvalue weighted by atomic mass is 35.5. The van der Waals surface area contributed by atoms with Crippen LogP contribution in [0.25, 0.3) is 11.9 Å². The molecule has 5 rings (SSSR count). The van der Waals surface area contributed by atoms with Gasteiger partial charge in [0.2, 0.25) is 5.95 Å². The predicted molar refractivity (Wildman–Crippen MR) is 144 cm³/mol. The Morgan fingerprint density at radius 3 is 2.24 bits per heavy atom. The van der Waals surface area contributed by atoms with Crippen molar-refractivity contribution in [2.24, 2.45) is 0 Å². The third-order valence-electron chi connectivity index (χ3n) is 6.81. The molecule has 38 heavy (non-hydrogen) atoms. The van der Waals surface area contributed by atoms with Crippen LogP contribution in [0.4, 0.5) is 26.2 Å². The van der Waals surface area contributed by atoms with E-state index >= 15 is 0 Å². The van der Waals surface area contributed by atoms with Crippen molar-refractivity contribution in [3.05, 3.63) is 59.4 Å². The van der Waals surface area contributed by atoms with Crippen molar-refractivity contribution < 1.29 is 19.0 Å². The van der Waals surface area contributed by atoms with Crippen LogP contribution in [-0.2, 0) is 0 Å².